The molecule has 1 aliphatic heterocycles. The Bertz CT molecular complexity index is 868. The van der Waals surface area contributed by atoms with Gasteiger partial charge in [-0.15, -0.1) is 0 Å². The van der Waals surface area contributed by atoms with Crippen LogP contribution in [-0.4, -0.2) is 36.3 Å². The van der Waals surface area contributed by atoms with E-state index in [0.717, 1.165) is 25.0 Å². The van der Waals surface area contributed by atoms with E-state index in [4.69, 9.17) is 14.5 Å². The van der Waals surface area contributed by atoms with Gasteiger partial charge in [-0.25, -0.2) is 0 Å². The Morgan fingerprint density at radius 2 is 1.60 bits per heavy atom. The normalized spacial score (nSPS) is 15.6. The maximum absolute atomic E-state index is 5.78. The topological polar surface area (TPSA) is 36.3 Å². The third-order valence-corrected chi connectivity index (χ3v) is 6.00. The molecule has 1 atom stereocenters. The van der Waals surface area contributed by atoms with E-state index < -0.39 is 0 Å². The number of aromatic nitrogens is 2. The van der Waals surface area contributed by atoms with Crippen LogP contribution in [0.15, 0.2) is 66.9 Å². The summed E-state index contributed by atoms with van der Waals surface area (Å²) in [5.74, 6) is 0.632. The molecule has 1 aliphatic rings. The predicted molar refractivity (Wildman–Crippen MR) is 121 cm³/mol. The van der Waals surface area contributed by atoms with Crippen molar-refractivity contribution >= 4 is 13.0 Å². The lowest BCUT2D eigenvalue weighted by Gasteiger charge is -2.23. The van der Waals surface area contributed by atoms with Gasteiger partial charge in [0.2, 0.25) is 7.28 Å². The van der Waals surface area contributed by atoms with Crippen LogP contribution in [-0.2, 0) is 16.0 Å². The molecule has 0 spiro atoms. The van der Waals surface area contributed by atoms with E-state index in [0.29, 0.717) is 25.0 Å². The molecule has 4 nitrogen and oxygen atoms in total. The molecule has 4 rings (SSSR count). The Morgan fingerprint density at radius 1 is 1.00 bits per heavy atom. The SMILES string of the molecule is CCC(Cn1c(C)cnc1[B]CC(c1ccccc1)c1ccccc1)C1OCCO1. The lowest BCUT2D eigenvalue weighted by Crippen LogP contribution is -2.34. The monoisotopic (exact) mass is 401 g/mol. The number of benzene rings is 2. The lowest BCUT2D eigenvalue weighted by atomic mass is 9.65. The molecular formula is C25H30BN2O2. The van der Waals surface area contributed by atoms with E-state index in [-0.39, 0.29) is 6.29 Å². The van der Waals surface area contributed by atoms with Crippen LogP contribution in [0, 0.1) is 12.8 Å². The van der Waals surface area contributed by atoms with E-state index >= 15 is 0 Å². The highest BCUT2D eigenvalue weighted by Gasteiger charge is 2.27. The number of nitrogens with zero attached hydrogens (tertiary/aromatic N) is 2. The van der Waals surface area contributed by atoms with E-state index in [1.165, 1.54) is 16.8 Å². The number of imidazole rings is 1. The molecule has 0 aliphatic carbocycles. The minimum absolute atomic E-state index is 0.106. The van der Waals surface area contributed by atoms with Crippen molar-refractivity contribution in [1.82, 2.24) is 9.55 Å². The number of rotatable bonds is 9. The van der Waals surface area contributed by atoms with Crippen LogP contribution in [0.4, 0.5) is 0 Å². The zero-order valence-electron chi connectivity index (χ0n) is 17.9. The van der Waals surface area contributed by atoms with Gasteiger partial charge in [-0.05, 0) is 24.5 Å². The molecule has 0 N–H and O–H groups in total. The van der Waals surface area contributed by atoms with Gasteiger partial charge in [0.05, 0.1) is 18.9 Å². The largest absolute Gasteiger partial charge is 0.350 e. The van der Waals surface area contributed by atoms with Gasteiger partial charge >= 0.3 is 0 Å². The predicted octanol–water partition coefficient (Wildman–Crippen LogP) is 4.17. The zero-order valence-corrected chi connectivity index (χ0v) is 17.9. The average molecular weight is 401 g/mol. The van der Waals surface area contributed by atoms with Gasteiger partial charge in [0, 0.05) is 30.3 Å². The first-order chi connectivity index (χ1) is 14.8. The molecule has 30 heavy (non-hydrogen) atoms. The number of hydrogen-bond acceptors (Lipinski definition) is 3. The Kier molecular flexibility index (Phi) is 7.03. The van der Waals surface area contributed by atoms with E-state index in [1.807, 2.05) is 6.20 Å². The molecule has 0 saturated carbocycles. The second-order valence-corrected chi connectivity index (χ2v) is 7.96. The first-order valence-electron chi connectivity index (χ1n) is 10.9. The molecule has 155 valence electrons. The fourth-order valence-corrected chi connectivity index (χ4v) is 4.23. The van der Waals surface area contributed by atoms with Gasteiger partial charge in [-0.1, -0.05) is 73.9 Å². The number of hydrogen-bond donors (Lipinski definition) is 0. The summed E-state index contributed by atoms with van der Waals surface area (Å²) < 4.78 is 13.9. The Hall–Kier alpha value is -2.37. The maximum atomic E-state index is 5.78. The van der Waals surface area contributed by atoms with Crippen molar-refractivity contribution in [2.45, 2.75) is 45.3 Å². The molecule has 2 aromatic carbocycles. The smallest absolute Gasteiger partial charge is 0.202 e. The quantitative estimate of drug-likeness (QED) is 0.505. The van der Waals surface area contributed by atoms with Crippen molar-refractivity contribution < 1.29 is 9.47 Å². The summed E-state index contributed by atoms with van der Waals surface area (Å²) >= 11 is 0. The molecule has 1 fully saturated rings. The molecule has 0 bridgehead atoms. The van der Waals surface area contributed by atoms with E-state index in [2.05, 4.69) is 86.4 Å². The first-order valence-corrected chi connectivity index (χ1v) is 10.9. The summed E-state index contributed by atoms with van der Waals surface area (Å²) in [4.78, 5) is 4.71. The van der Waals surface area contributed by atoms with Crippen molar-refractivity contribution in [1.29, 1.82) is 0 Å². The third kappa shape index (κ3) is 4.85. The summed E-state index contributed by atoms with van der Waals surface area (Å²) in [5.41, 5.74) is 4.86. The zero-order chi connectivity index (χ0) is 20.8. The van der Waals surface area contributed by atoms with Crippen molar-refractivity contribution in [3.05, 3.63) is 83.7 Å². The molecule has 5 heteroatoms. The molecule has 2 heterocycles. The Labute approximate surface area is 180 Å². The second kappa shape index (κ2) is 10.1. The van der Waals surface area contributed by atoms with Crippen molar-refractivity contribution in [3.63, 3.8) is 0 Å². The second-order valence-electron chi connectivity index (χ2n) is 7.96. The van der Waals surface area contributed by atoms with Crippen LogP contribution in [0.3, 0.4) is 0 Å². The molecule has 3 aromatic rings. The highest BCUT2D eigenvalue weighted by Crippen LogP contribution is 2.28. The fourth-order valence-electron chi connectivity index (χ4n) is 4.23. The van der Waals surface area contributed by atoms with Gasteiger partial charge in [-0.3, -0.25) is 4.98 Å². The number of aryl methyl sites for hydroxylation is 1. The number of ether oxygens (including phenoxy) is 2. The molecule has 1 aromatic heterocycles. The van der Waals surface area contributed by atoms with Gasteiger partial charge in [0.15, 0.2) is 6.29 Å². The maximum Gasteiger partial charge on any atom is 0.202 e. The Balaban J connectivity index is 1.52. The standard InChI is InChI=1S/C25H30BN2O2/c1-3-20(24-29-14-15-30-24)18-28-19(2)17-27-25(28)26-16-23(21-10-6-4-7-11-21)22-12-8-5-9-13-22/h4-13,17,20,23-24H,3,14-16,18H2,1-2H3. The van der Waals surface area contributed by atoms with Gasteiger partial charge < -0.3 is 14.0 Å². The summed E-state index contributed by atoms with van der Waals surface area (Å²) in [7, 11) is 2.28. The van der Waals surface area contributed by atoms with Crippen LogP contribution >= 0.6 is 0 Å². The van der Waals surface area contributed by atoms with Crippen LogP contribution in [0.1, 0.15) is 36.1 Å². The van der Waals surface area contributed by atoms with Gasteiger partial charge in [0.1, 0.15) is 0 Å². The van der Waals surface area contributed by atoms with Gasteiger partial charge in [0.25, 0.3) is 0 Å². The highest BCUT2D eigenvalue weighted by molar-refractivity contribution is 6.51. The fraction of sp³-hybridized carbons (Fsp3) is 0.400. The summed E-state index contributed by atoms with van der Waals surface area (Å²) in [6, 6.07) is 21.5. The first kappa shape index (κ1) is 20.9. The van der Waals surface area contributed by atoms with Gasteiger partial charge in [-0.2, -0.15) is 0 Å². The van der Waals surface area contributed by atoms with Crippen LogP contribution in [0.2, 0.25) is 6.32 Å². The van der Waals surface area contributed by atoms with Crippen molar-refractivity contribution in [3.8, 4) is 0 Å². The molecule has 0 amide bonds. The van der Waals surface area contributed by atoms with Crippen LogP contribution in [0.5, 0.6) is 0 Å². The van der Waals surface area contributed by atoms with E-state index in [9.17, 15) is 0 Å². The lowest BCUT2D eigenvalue weighted by molar-refractivity contribution is -0.0883. The molecule has 1 unspecified atom stereocenters. The summed E-state index contributed by atoms with van der Waals surface area (Å²) in [5, 5.41) is 0. The Morgan fingerprint density at radius 3 is 2.17 bits per heavy atom. The molecule has 1 radical (unpaired) electrons. The summed E-state index contributed by atoms with van der Waals surface area (Å²) in [6.45, 7) is 6.57. The third-order valence-electron chi connectivity index (χ3n) is 6.00. The highest BCUT2D eigenvalue weighted by atomic mass is 16.7. The minimum atomic E-state index is -0.106. The summed E-state index contributed by atoms with van der Waals surface area (Å²) in [6.07, 6.45) is 3.77. The van der Waals surface area contributed by atoms with Crippen molar-refractivity contribution in [2.24, 2.45) is 5.92 Å². The van der Waals surface area contributed by atoms with Crippen LogP contribution in [0.25, 0.3) is 0 Å². The van der Waals surface area contributed by atoms with E-state index in [1.54, 1.807) is 0 Å². The average Bonchev–Trinajstić information content (AvgIpc) is 3.44. The van der Waals surface area contributed by atoms with Crippen molar-refractivity contribution in [2.75, 3.05) is 13.2 Å². The minimum Gasteiger partial charge on any atom is -0.350 e. The molecule has 1 saturated heterocycles. The molecular weight excluding hydrogens is 371 g/mol. The van der Waals surface area contributed by atoms with Crippen LogP contribution < -0.4 is 5.72 Å².